The molecule has 0 aliphatic carbocycles. The highest BCUT2D eigenvalue weighted by Gasteiger charge is 2.09. The van der Waals surface area contributed by atoms with Crippen LogP contribution in [0.25, 0.3) is 0 Å². The van der Waals surface area contributed by atoms with E-state index in [-0.39, 0.29) is 11.7 Å². The molecule has 0 aliphatic heterocycles. The van der Waals surface area contributed by atoms with Gasteiger partial charge in [0, 0.05) is 10.6 Å². The molecular formula is C18H18ClN3O3S. The van der Waals surface area contributed by atoms with E-state index in [9.17, 15) is 9.59 Å². The number of hydrogen-bond donors (Lipinski definition) is 3. The molecular weight excluding hydrogens is 374 g/mol. The minimum atomic E-state index is -0.442. The lowest BCUT2D eigenvalue weighted by molar-refractivity contribution is -0.121. The summed E-state index contributed by atoms with van der Waals surface area (Å²) in [7, 11) is 0. The Balaban J connectivity index is 1.75. The molecule has 0 saturated carbocycles. The van der Waals surface area contributed by atoms with Gasteiger partial charge in [0.25, 0.3) is 11.8 Å². The van der Waals surface area contributed by atoms with Crippen LogP contribution in [0.2, 0.25) is 5.02 Å². The molecule has 0 saturated heterocycles. The number of aryl methyl sites for hydroxylation is 2. The van der Waals surface area contributed by atoms with Gasteiger partial charge in [0.1, 0.15) is 5.75 Å². The van der Waals surface area contributed by atoms with Gasteiger partial charge in [-0.1, -0.05) is 17.7 Å². The van der Waals surface area contributed by atoms with Crippen LogP contribution in [-0.4, -0.2) is 23.5 Å². The maximum Gasteiger partial charge on any atom is 0.269 e. The molecule has 0 atom stereocenters. The summed E-state index contributed by atoms with van der Waals surface area (Å²) in [6.07, 6.45) is 0. The summed E-state index contributed by atoms with van der Waals surface area (Å²) in [4.78, 5) is 23.8. The van der Waals surface area contributed by atoms with Crippen LogP contribution < -0.4 is 20.9 Å². The maximum atomic E-state index is 11.9. The Bertz CT molecular complexity index is 805. The van der Waals surface area contributed by atoms with Gasteiger partial charge < -0.3 is 4.74 Å². The number of amides is 2. The third kappa shape index (κ3) is 6.34. The highest BCUT2D eigenvalue weighted by Crippen LogP contribution is 2.15. The fourth-order valence-electron chi connectivity index (χ4n) is 2.15. The predicted molar refractivity (Wildman–Crippen MR) is 104 cm³/mol. The van der Waals surface area contributed by atoms with Crippen LogP contribution in [0.1, 0.15) is 21.5 Å². The minimum Gasteiger partial charge on any atom is -0.484 e. The van der Waals surface area contributed by atoms with Gasteiger partial charge in [-0.05, 0) is 73.6 Å². The van der Waals surface area contributed by atoms with Crippen molar-refractivity contribution in [3.05, 3.63) is 64.2 Å². The number of carbonyl (C=O) groups excluding carboxylic acids is 2. The van der Waals surface area contributed by atoms with E-state index < -0.39 is 11.8 Å². The minimum absolute atomic E-state index is 0.0404. The first kappa shape index (κ1) is 19.7. The number of halogens is 1. The molecule has 0 fully saturated rings. The summed E-state index contributed by atoms with van der Waals surface area (Å²) in [6.45, 7) is 3.69. The van der Waals surface area contributed by atoms with Gasteiger partial charge in [-0.2, -0.15) is 0 Å². The quantitative estimate of drug-likeness (QED) is 0.551. The predicted octanol–water partition coefficient (Wildman–Crippen LogP) is 2.67. The zero-order valence-corrected chi connectivity index (χ0v) is 15.8. The lowest BCUT2D eigenvalue weighted by Crippen LogP contribution is -2.49. The zero-order valence-electron chi connectivity index (χ0n) is 14.3. The third-order valence-electron chi connectivity index (χ3n) is 3.21. The fourth-order valence-corrected chi connectivity index (χ4v) is 2.44. The molecule has 26 heavy (non-hydrogen) atoms. The lowest BCUT2D eigenvalue weighted by atomic mass is 10.1. The Hall–Kier alpha value is -2.64. The van der Waals surface area contributed by atoms with E-state index in [1.54, 1.807) is 24.3 Å². The standard InChI is InChI=1S/C18H18ClN3O3S/c1-11-7-12(2)9-15(8-11)25-10-16(23)20-18(26)22-21-17(24)13-3-5-14(19)6-4-13/h3-9H,10H2,1-2H3,(H,21,24)(H2,20,22,23,26). The summed E-state index contributed by atoms with van der Waals surface area (Å²) in [5.74, 6) is -0.250. The number of hydrogen-bond acceptors (Lipinski definition) is 4. The summed E-state index contributed by atoms with van der Waals surface area (Å²) in [6, 6.07) is 12.0. The molecule has 2 amide bonds. The van der Waals surface area contributed by atoms with Crippen LogP contribution in [0.3, 0.4) is 0 Å². The fraction of sp³-hybridized carbons (Fsp3) is 0.167. The molecule has 0 unspecified atom stereocenters. The highest BCUT2D eigenvalue weighted by atomic mass is 35.5. The van der Waals surface area contributed by atoms with Crippen LogP contribution in [0.4, 0.5) is 0 Å². The van der Waals surface area contributed by atoms with E-state index in [1.807, 2.05) is 32.0 Å². The van der Waals surface area contributed by atoms with Crippen molar-refractivity contribution >= 4 is 40.7 Å². The average molecular weight is 392 g/mol. The molecule has 2 aromatic carbocycles. The van der Waals surface area contributed by atoms with Crippen LogP contribution >= 0.6 is 23.8 Å². The van der Waals surface area contributed by atoms with Crippen LogP contribution in [0.5, 0.6) is 5.75 Å². The van der Waals surface area contributed by atoms with Gasteiger partial charge in [-0.15, -0.1) is 0 Å². The van der Waals surface area contributed by atoms with Gasteiger partial charge >= 0.3 is 0 Å². The molecule has 0 radical (unpaired) electrons. The monoisotopic (exact) mass is 391 g/mol. The molecule has 0 aliphatic rings. The first-order valence-corrected chi connectivity index (χ1v) is 8.49. The van der Waals surface area contributed by atoms with Gasteiger partial charge in [0.15, 0.2) is 11.7 Å². The number of nitrogens with one attached hydrogen (secondary N) is 3. The largest absolute Gasteiger partial charge is 0.484 e. The second-order valence-corrected chi connectivity index (χ2v) is 6.42. The van der Waals surface area contributed by atoms with Crippen molar-refractivity contribution in [2.75, 3.05) is 6.61 Å². The third-order valence-corrected chi connectivity index (χ3v) is 3.67. The summed E-state index contributed by atoms with van der Waals surface area (Å²) < 4.78 is 5.44. The van der Waals surface area contributed by atoms with Crippen LogP contribution in [0.15, 0.2) is 42.5 Å². The van der Waals surface area contributed by atoms with Crippen LogP contribution in [0, 0.1) is 13.8 Å². The number of hydrazine groups is 1. The number of rotatable bonds is 4. The molecule has 6 nitrogen and oxygen atoms in total. The average Bonchev–Trinajstić information content (AvgIpc) is 2.58. The Morgan fingerprint density at radius 1 is 1.04 bits per heavy atom. The summed E-state index contributed by atoms with van der Waals surface area (Å²) in [5, 5.41) is 2.90. The van der Waals surface area contributed by atoms with Crippen molar-refractivity contribution in [1.29, 1.82) is 0 Å². The number of benzene rings is 2. The van der Waals surface area contributed by atoms with E-state index in [0.29, 0.717) is 16.3 Å². The number of carbonyl (C=O) groups is 2. The van der Waals surface area contributed by atoms with E-state index in [2.05, 4.69) is 16.2 Å². The Labute approximate surface area is 161 Å². The highest BCUT2D eigenvalue weighted by molar-refractivity contribution is 7.80. The molecule has 2 rings (SSSR count). The molecule has 3 N–H and O–H groups in total. The van der Waals surface area contributed by atoms with E-state index in [1.165, 1.54) is 0 Å². The van der Waals surface area contributed by atoms with Gasteiger partial charge in [-0.25, -0.2) is 0 Å². The van der Waals surface area contributed by atoms with E-state index >= 15 is 0 Å². The van der Waals surface area contributed by atoms with E-state index in [0.717, 1.165) is 11.1 Å². The van der Waals surface area contributed by atoms with Gasteiger partial charge in [-0.3, -0.25) is 25.8 Å². The zero-order chi connectivity index (χ0) is 19.1. The number of ether oxygens (including phenoxy) is 1. The molecule has 0 bridgehead atoms. The summed E-state index contributed by atoms with van der Waals surface area (Å²) in [5.41, 5.74) is 7.32. The van der Waals surface area contributed by atoms with Crippen molar-refractivity contribution in [3.8, 4) is 5.75 Å². The Morgan fingerprint density at radius 2 is 1.65 bits per heavy atom. The van der Waals surface area contributed by atoms with Crippen molar-refractivity contribution in [1.82, 2.24) is 16.2 Å². The molecule has 0 aromatic heterocycles. The lowest BCUT2D eigenvalue weighted by Gasteiger charge is -2.12. The summed E-state index contributed by atoms with van der Waals surface area (Å²) >= 11 is 10.7. The first-order valence-electron chi connectivity index (χ1n) is 7.70. The molecule has 8 heteroatoms. The second kappa shape index (κ2) is 9.17. The number of thiocarbonyl (C=S) groups is 1. The van der Waals surface area contributed by atoms with Crippen molar-refractivity contribution in [3.63, 3.8) is 0 Å². The van der Waals surface area contributed by atoms with Gasteiger partial charge in [0.05, 0.1) is 0 Å². The molecule has 0 spiro atoms. The van der Waals surface area contributed by atoms with Crippen LogP contribution in [-0.2, 0) is 4.79 Å². The topological polar surface area (TPSA) is 79.5 Å². The Kier molecular flexibility index (Phi) is 6.94. The second-order valence-electron chi connectivity index (χ2n) is 5.58. The Morgan fingerprint density at radius 3 is 2.27 bits per heavy atom. The molecule has 2 aromatic rings. The van der Waals surface area contributed by atoms with Crippen molar-refractivity contribution < 1.29 is 14.3 Å². The molecule has 0 heterocycles. The van der Waals surface area contributed by atoms with Crippen molar-refractivity contribution in [2.45, 2.75) is 13.8 Å². The van der Waals surface area contributed by atoms with Gasteiger partial charge in [0.2, 0.25) is 0 Å². The first-order chi connectivity index (χ1) is 12.3. The van der Waals surface area contributed by atoms with Crippen molar-refractivity contribution in [2.24, 2.45) is 0 Å². The molecule has 136 valence electrons. The SMILES string of the molecule is Cc1cc(C)cc(OCC(=O)NC(=S)NNC(=O)c2ccc(Cl)cc2)c1. The maximum absolute atomic E-state index is 11.9. The normalized spacial score (nSPS) is 9.96. The smallest absolute Gasteiger partial charge is 0.269 e. The van der Waals surface area contributed by atoms with E-state index in [4.69, 9.17) is 28.6 Å².